The van der Waals surface area contributed by atoms with Gasteiger partial charge in [-0.1, -0.05) is 13.8 Å². The van der Waals surface area contributed by atoms with Crippen LogP contribution < -0.4 is 20.4 Å². The lowest BCUT2D eigenvalue weighted by molar-refractivity contribution is -0.117. The van der Waals surface area contributed by atoms with Crippen LogP contribution in [-0.2, 0) is 4.79 Å². The van der Waals surface area contributed by atoms with Crippen LogP contribution in [0.5, 0.6) is 0 Å². The first-order valence-electron chi connectivity index (χ1n) is 12.5. The van der Waals surface area contributed by atoms with Crippen LogP contribution in [0.3, 0.4) is 0 Å². The van der Waals surface area contributed by atoms with E-state index in [2.05, 4.69) is 35.4 Å². The largest absolute Gasteiger partial charge is 0.465 e. The van der Waals surface area contributed by atoms with Gasteiger partial charge in [-0.05, 0) is 48.9 Å². The molecule has 2 aliphatic rings. The molecular weight excluding hydrogens is 458 g/mol. The zero-order valence-electron chi connectivity index (χ0n) is 21.3. The lowest BCUT2D eigenvalue weighted by Gasteiger charge is -2.46. The number of benzene rings is 2. The smallest absolute Gasteiger partial charge is 0.407 e. The van der Waals surface area contributed by atoms with E-state index in [-0.39, 0.29) is 29.8 Å². The molecule has 0 unspecified atom stereocenters. The van der Waals surface area contributed by atoms with Crippen molar-refractivity contribution in [2.75, 3.05) is 48.3 Å². The molecule has 3 amide bonds. The number of carbonyl (C=O) groups is 3. The van der Waals surface area contributed by atoms with Gasteiger partial charge in [0.25, 0.3) is 5.91 Å². The van der Waals surface area contributed by atoms with Crippen LogP contribution in [0, 0.1) is 5.92 Å². The normalized spacial score (nSPS) is 21.6. The van der Waals surface area contributed by atoms with E-state index in [1.165, 1.54) is 4.90 Å². The Morgan fingerprint density at radius 1 is 1.03 bits per heavy atom. The molecule has 2 aromatic rings. The monoisotopic (exact) mass is 493 g/mol. The molecule has 36 heavy (non-hydrogen) atoms. The number of nitrogens with zero attached hydrogens (tertiary/aromatic N) is 3. The van der Waals surface area contributed by atoms with Gasteiger partial charge < -0.3 is 30.4 Å². The number of rotatable bonds is 5. The number of nitrogens with one attached hydrogen (secondary N) is 2. The van der Waals surface area contributed by atoms with E-state index in [0.29, 0.717) is 31.7 Å². The topological polar surface area (TPSA) is 105 Å². The van der Waals surface area contributed by atoms with Crippen LogP contribution in [-0.4, -0.2) is 67.2 Å². The molecule has 2 aromatic carbocycles. The first-order chi connectivity index (χ1) is 17.2. The third-order valence-electron chi connectivity index (χ3n) is 7.44. The predicted molar refractivity (Wildman–Crippen MR) is 141 cm³/mol. The minimum absolute atomic E-state index is 0.0196. The maximum Gasteiger partial charge on any atom is 0.407 e. The molecule has 9 nitrogen and oxygen atoms in total. The van der Waals surface area contributed by atoms with E-state index >= 15 is 0 Å². The van der Waals surface area contributed by atoms with E-state index in [1.54, 1.807) is 26.1 Å². The van der Waals surface area contributed by atoms with Crippen molar-refractivity contribution in [2.45, 2.75) is 39.3 Å². The van der Waals surface area contributed by atoms with Crippen molar-refractivity contribution in [2.24, 2.45) is 5.92 Å². The van der Waals surface area contributed by atoms with Crippen LogP contribution >= 0.6 is 0 Å². The minimum atomic E-state index is -0.886. The summed E-state index contributed by atoms with van der Waals surface area (Å²) >= 11 is 0. The van der Waals surface area contributed by atoms with E-state index in [4.69, 9.17) is 0 Å². The highest BCUT2D eigenvalue weighted by molar-refractivity contribution is 5.95. The molecule has 3 atom stereocenters. The second-order valence-electron chi connectivity index (χ2n) is 9.50. The highest BCUT2D eigenvalue weighted by Crippen LogP contribution is 2.45. The molecule has 192 valence electrons. The van der Waals surface area contributed by atoms with Gasteiger partial charge in [0.2, 0.25) is 5.91 Å². The van der Waals surface area contributed by atoms with Gasteiger partial charge in [0.15, 0.2) is 0 Å². The van der Waals surface area contributed by atoms with E-state index in [0.717, 1.165) is 29.0 Å². The molecule has 1 saturated heterocycles. The summed E-state index contributed by atoms with van der Waals surface area (Å²) in [6, 6.07) is 13.6. The Morgan fingerprint density at radius 2 is 1.69 bits per heavy atom. The number of amides is 3. The molecule has 0 bridgehead atoms. The molecule has 0 radical (unpaired) electrons. The SMILES string of the molecule is CC[C@H]1[C@H](C)[C@@H](Nc2ccc(C(=O)NC)cc2)c2cc(N3CCN(C(=O)O)CC3)ccc2N1C(C)=O. The van der Waals surface area contributed by atoms with E-state index < -0.39 is 6.09 Å². The summed E-state index contributed by atoms with van der Waals surface area (Å²) in [5, 5.41) is 15.6. The lowest BCUT2D eigenvalue weighted by atomic mass is 9.80. The van der Waals surface area contributed by atoms with Crippen molar-refractivity contribution in [3.05, 3.63) is 53.6 Å². The fourth-order valence-corrected chi connectivity index (χ4v) is 5.49. The Balaban J connectivity index is 1.69. The van der Waals surface area contributed by atoms with Crippen molar-refractivity contribution < 1.29 is 19.5 Å². The van der Waals surface area contributed by atoms with E-state index in [1.807, 2.05) is 29.2 Å². The van der Waals surface area contributed by atoms with Crippen LogP contribution in [0.2, 0.25) is 0 Å². The van der Waals surface area contributed by atoms with Crippen LogP contribution in [0.15, 0.2) is 42.5 Å². The summed E-state index contributed by atoms with van der Waals surface area (Å²) in [5.74, 6) is 0.0176. The second-order valence-corrected chi connectivity index (χ2v) is 9.50. The maximum atomic E-state index is 12.8. The standard InChI is InChI=1S/C27H35N5O4/c1-5-23-17(2)25(29-20-8-6-19(7-9-20)26(34)28-4)22-16-21(10-11-24(22)32(23)18(3)33)30-12-14-31(15-13-30)27(35)36/h6-11,16-17,23,25,29H,5,12-15H2,1-4H3,(H,28,34)(H,35,36)/t17-,23-,25+/m0/s1. The maximum absolute atomic E-state index is 12.8. The fourth-order valence-electron chi connectivity index (χ4n) is 5.49. The average Bonchev–Trinajstić information content (AvgIpc) is 2.89. The molecule has 2 aliphatic heterocycles. The first-order valence-corrected chi connectivity index (χ1v) is 12.5. The van der Waals surface area contributed by atoms with Crippen molar-refractivity contribution in [1.82, 2.24) is 10.2 Å². The third-order valence-corrected chi connectivity index (χ3v) is 7.44. The fraction of sp³-hybridized carbons (Fsp3) is 0.444. The van der Waals surface area contributed by atoms with Crippen LogP contribution in [0.4, 0.5) is 21.9 Å². The molecular formula is C27H35N5O4. The Bertz CT molecular complexity index is 1130. The number of hydrogen-bond acceptors (Lipinski definition) is 5. The molecule has 9 heteroatoms. The predicted octanol–water partition coefficient (Wildman–Crippen LogP) is 3.78. The van der Waals surface area contributed by atoms with Gasteiger partial charge >= 0.3 is 6.09 Å². The van der Waals surface area contributed by atoms with Crippen molar-refractivity contribution in [3.63, 3.8) is 0 Å². The summed E-state index contributed by atoms with van der Waals surface area (Å²) in [4.78, 5) is 41.6. The summed E-state index contributed by atoms with van der Waals surface area (Å²) in [7, 11) is 1.61. The van der Waals surface area contributed by atoms with Gasteiger partial charge in [-0.2, -0.15) is 0 Å². The molecule has 0 aliphatic carbocycles. The van der Waals surface area contributed by atoms with Gasteiger partial charge in [-0.15, -0.1) is 0 Å². The van der Waals surface area contributed by atoms with Gasteiger partial charge in [0.1, 0.15) is 0 Å². The zero-order valence-corrected chi connectivity index (χ0v) is 21.3. The Kier molecular flexibility index (Phi) is 7.37. The number of fused-ring (bicyclic) bond motifs is 1. The van der Waals surface area contributed by atoms with Gasteiger partial charge in [0.05, 0.1) is 6.04 Å². The Hall–Kier alpha value is -3.75. The number of carbonyl (C=O) groups excluding carboxylic acids is 2. The summed E-state index contributed by atoms with van der Waals surface area (Å²) < 4.78 is 0. The molecule has 2 heterocycles. The first kappa shape index (κ1) is 25.3. The van der Waals surface area contributed by atoms with Crippen LogP contribution in [0.1, 0.15) is 49.2 Å². The molecule has 1 fully saturated rings. The number of anilines is 3. The summed E-state index contributed by atoms with van der Waals surface area (Å²) in [5.41, 5.74) is 4.45. The highest BCUT2D eigenvalue weighted by Gasteiger charge is 2.40. The lowest BCUT2D eigenvalue weighted by Crippen LogP contribution is -2.50. The van der Waals surface area contributed by atoms with Crippen LogP contribution in [0.25, 0.3) is 0 Å². The summed E-state index contributed by atoms with van der Waals surface area (Å²) in [6.07, 6.45) is -0.0595. The Morgan fingerprint density at radius 3 is 2.25 bits per heavy atom. The molecule has 0 spiro atoms. The van der Waals surface area contributed by atoms with Crippen molar-refractivity contribution in [1.29, 1.82) is 0 Å². The third kappa shape index (κ3) is 4.82. The minimum Gasteiger partial charge on any atom is -0.465 e. The zero-order chi connectivity index (χ0) is 26.0. The van der Waals surface area contributed by atoms with Crippen molar-refractivity contribution in [3.8, 4) is 0 Å². The average molecular weight is 494 g/mol. The second kappa shape index (κ2) is 10.5. The molecule has 0 aromatic heterocycles. The van der Waals surface area contributed by atoms with E-state index in [9.17, 15) is 19.5 Å². The summed E-state index contributed by atoms with van der Waals surface area (Å²) in [6.45, 7) is 8.04. The van der Waals surface area contributed by atoms with Gasteiger partial charge in [-0.25, -0.2) is 4.79 Å². The van der Waals surface area contributed by atoms with Crippen molar-refractivity contribution >= 4 is 35.0 Å². The highest BCUT2D eigenvalue weighted by atomic mass is 16.4. The van der Waals surface area contributed by atoms with Gasteiger partial charge in [0, 0.05) is 80.3 Å². The molecule has 4 rings (SSSR count). The quantitative estimate of drug-likeness (QED) is 0.586. The molecule has 3 N–H and O–H groups in total. The number of piperazine rings is 1. The number of hydrogen-bond donors (Lipinski definition) is 3. The number of carboxylic acid groups (broad SMARTS) is 1. The van der Waals surface area contributed by atoms with Gasteiger partial charge in [-0.3, -0.25) is 9.59 Å². The molecule has 0 saturated carbocycles. The Labute approximate surface area is 212 Å².